The monoisotopic (exact) mass is 350 g/mol. The summed E-state index contributed by atoms with van der Waals surface area (Å²) in [4.78, 5) is 38.8. The van der Waals surface area contributed by atoms with Gasteiger partial charge in [0.1, 0.15) is 5.41 Å². The van der Waals surface area contributed by atoms with E-state index in [4.69, 9.17) is 0 Å². The molecule has 0 aromatic rings. The standard InChI is InChI=1S/C21H34O4/c1-19(2,3)15-12-14(13-10-8-7-9-11-13)21(18(24)25,20(4,5)6)17(23)16(15)22/h13-15H,7-12H2,1-6H3,(H,24,25). The van der Waals surface area contributed by atoms with Gasteiger partial charge in [-0.05, 0) is 29.1 Å². The van der Waals surface area contributed by atoms with Gasteiger partial charge in [-0.15, -0.1) is 0 Å². The smallest absolute Gasteiger partial charge is 0.318 e. The molecule has 3 atom stereocenters. The van der Waals surface area contributed by atoms with Crippen molar-refractivity contribution >= 4 is 17.5 Å². The summed E-state index contributed by atoms with van der Waals surface area (Å²) in [5.74, 6) is -2.68. The van der Waals surface area contributed by atoms with Crippen molar-refractivity contribution < 1.29 is 19.5 Å². The Morgan fingerprint density at radius 1 is 1.00 bits per heavy atom. The number of carboxylic acids is 1. The van der Waals surface area contributed by atoms with Crippen LogP contribution in [0.25, 0.3) is 0 Å². The molecule has 0 bridgehead atoms. The second-order valence-corrected chi connectivity index (χ2v) is 10.2. The van der Waals surface area contributed by atoms with Gasteiger partial charge in [0.25, 0.3) is 0 Å². The lowest BCUT2D eigenvalue weighted by molar-refractivity contribution is -0.183. The fourth-order valence-corrected chi connectivity index (χ4v) is 5.36. The van der Waals surface area contributed by atoms with Crippen molar-refractivity contribution in [3.8, 4) is 0 Å². The average molecular weight is 350 g/mol. The first-order valence-electron chi connectivity index (χ1n) is 9.67. The summed E-state index contributed by atoms with van der Waals surface area (Å²) in [5.41, 5.74) is -2.73. The van der Waals surface area contributed by atoms with Gasteiger partial charge in [-0.25, -0.2) is 0 Å². The van der Waals surface area contributed by atoms with Gasteiger partial charge in [-0.2, -0.15) is 0 Å². The van der Waals surface area contributed by atoms with Crippen LogP contribution >= 0.6 is 0 Å². The molecule has 0 aromatic heterocycles. The Bertz CT molecular complexity index is 557. The Morgan fingerprint density at radius 3 is 1.92 bits per heavy atom. The number of carbonyl (C=O) groups excluding carboxylic acids is 2. The Labute approximate surface area is 151 Å². The molecule has 3 unspecified atom stereocenters. The van der Waals surface area contributed by atoms with E-state index in [9.17, 15) is 19.5 Å². The number of carboxylic acid groups (broad SMARTS) is 1. The maximum atomic E-state index is 13.3. The van der Waals surface area contributed by atoms with Crippen LogP contribution in [0.5, 0.6) is 0 Å². The molecule has 0 heterocycles. The first-order valence-corrected chi connectivity index (χ1v) is 9.67. The van der Waals surface area contributed by atoms with E-state index in [1.807, 2.05) is 20.8 Å². The van der Waals surface area contributed by atoms with E-state index in [1.165, 1.54) is 6.42 Å². The highest BCUT2D eigenvalue weighted by atomic mass is 16.4. The Hall–Kier alpha value is -1.19. The zero-order valence-electron chi connectivity index (χ0n) is 16.6. The molecule has 2 fully saturated rings. The summed E-state index contributed by atoms with van der Waals surface area (Å²) < 4.78 is 0. The van der Waals surface area contributed by atoms with Crippen LogP contribution in [0.1, 0.15) is 80.1 Å². The summed E-state index contributed by atoms with van der Waals surface area (Å²) in [7, 11) is 0. The topological polar surface area (TPSA) is 71.4 Å². The number of hydrogen-bond donors (Lipinski definition) is 1. The van der Waals surface area contributed by atoms with Crippen LogP contribution in [-0.2, 0) is 14.4 Å². The van der Waals surface area contributed by atoms with Crippen molar-refractivity contribution in [1.82, 2.24) is 0 Å². The highest BCUT2D eigenvalue weighted by Crippen LogP contribution is 2.58. The zero-order chi connectivity index (χ0) is 19.2. The molecule has 4 nitrogen and oxygen atoms in total. The molecule has 142 valence electrons. The minimum Gasteiger partial charge on any atom is -0.480 e. The molecule has 0 aliphatic heterocycles. The second-order valence-electron chi connectivity index (χ2n) is 10.2. The van der Waals surface area contributed by atoms with Crippen LogP contribution in [0.4, 0.5) is 0 Å². The van der Waals surface area contributed by atoms with Gasteiger partial charge in [0, 0.05) is 5.92 Å². The van der Waals surface area contributed by atoms with Crippen molar-refractivity contribution in [2.45, 2.75) is 80.1 Å². The maximum Gasteiger partial charge on any atom is 0.318 e. The highest BCUT2D eigenvalue weighted by Gasteiger charge is 2.67. The van der Waals surface area contributed by atoms with E-state index < -0.39 is 28.4 Å². The first-order chi connectivity index (χ1) is 11.3. The molecule has 25 heavy (non-hydrogen) atoms. The van der Waals surface area contributed by atoms with Crippen LogP contribution < -0.4 is 0 Å². The molecule has 1 N–H and O–H groups in total. The molecule has 0 spiro atoms. The van der Waals surface area contributed by atoms with Crippen molar-refractivity contribution in [2.24, 2.45) is 34.0 Å². The lowest BCUT2D eigenvalue weighted by atomic mass is 9.46. The van der Waals surface area contributed by atoms with E-state index in [-0.39, 0.29) is 23.2 Å². The van der Waals surface area contributed by atoms with Crippen LogP contribution in [-0.4, -0.2) is 22.6 Å². The molecular formula is C21H34O4. The van der Waals surface area contributed by atoms with Crippen molar-refractivity contribution in [3.63, 3.8) is 0 Å². The minimum absolute atomic E-state index is 0.214. The van der Waals surface area contributed by atoms with E-state index in [2.05, 4.69) is 0 Å². The lowest BCUT2D eigenvalue weighted by Crippen LogP contribution is -2.63. The normalized spacial score (nSPS) is 32.7. The van der Waals surface area contributed by atoms with Gasteiger partial charge in [-0.1, -0.05) is 73.6 Å². The third-order valence-electron chi connectivity index (χ3n) is 6.73. The first kappa shape index (κ1) is 20.1. The largest absolute Gasteiger partial charge is 0.480 e. The molecule has 4 heteroatoms. The third-order valence-corrected chi connectivity index (χ3v) is 6.73. The van der Waals surface area contributed by atoms with Crippen molar-refractivity contribution in [3.05, 3.63) is 0 Å². The summed E-state index contributed by atoms with van der Waals surface area (Å²) >= 11 is 0. The predicted octanol–water partition coefficient (Wildman–Crippen LogP) is 4.50. The number of carbonyl (C=O) groups is 3. The molecule has 2 rings (SSSR count). The van der Waals surface area contributed by atoms with Gasteiger partial charge in [0.05, 0.1) is 0 Å². The lowest BCUT2D eigenvalue weighted by Gasteiger charge is -2.53. The van der Waals surface area contributed by atoms with Crippen LogP contribution in [0, 0.1) is 34.0 Å². The number of hydrogen-bond acceptors (Lipinski definition) is 3. The molecule has 0 amide bonds. The fraction of sp³-hybridized carbons (Fsp3) is 0.857. The second kappa shape index (κ2) is 6.51. The van der Waals surface area contributed by atoms with Gasteiger partial charge in [0.15, 0.2) is 0 Å². The number of Topliss-reactive ketones (excluding diaryl/α,β-unsaturated/α-hetero) is 2. The SMILES string of the molecule is CC(C)(C)C1CC(C2CCCCC2)C(C(=O)O)(C(C)(C)C)C(=O)C1=O. The molecule has 2 saturated carbocycles. The van der Waals surface area contributed by atoms with E-state index in [0.717, 1.165) is 25.7 Å². The highest BCUT2D eigenvalue weighted by molar-refractivity contribution is 6.44. The van der Waals surface area contributed by atoms with Crippen LogP contribution in [0.2, 0.25) is 0 Å². The van der Waals surface area contributed by atoms with E-state index in [0.29, 0.717) is 6.42 Å². The van der Waals surface area contributed by atoms with Crippen molar-refractivity contribution in [2.75, 3.05) is 0 Å². The Balaban J connectivity index is 2.62. The van der Waals surface area contributed by atoms with Gasteiger partial charge in [0.2, 0.25) is 11.6 Å². The van der Waals surface area contributed by atoms with E-state index in [1.54, 1.807) is 20.8 Å². The maximum absolute atomic E-state index is 13.3. The number of ketones is 2. The molecule has 0 aromatic carbocycles. The zero-order valence-corrected chi connectivity index (χ0v) is 16.6. The summed E-state index contributed by atoms with van der Waals surface area (Å²) in [6, 6.07) is 0. The van der Waals surface area contributed by atoms with Gasteiger partial charge in [-0.3, -0.25) is 14.4 Å². The number of rotatable bonds is 2. The third kappa shape index (κ3) is 3.17. The molecule has 0 radical (unpaired) electrons. The van der Waals surface area contributed by atoms with Crippen LogP contribution in [0.3, 0.4) is 0 Å². The molecule has 2 aliphatic carbocycles. The number of aliphatic carboxylic acids is 1. The van der Waals surface area contributed by atoms with Crippen LogP contribution in [0.15, 0.2) is 0 Å². The Morgan fingerprint density at radius 2 is 1.52 bits per heavy atom. The van der Waals surface area contributed by atoms with Crippen molar-refractivity contribution in [1.29, 1.82) is 0 Å². The Kier molecular flexibility index (Phi) is 5.24. The quantitative estimate of drug-likeness (QED) is 0.588. The van der Waals surface area contributed by atoms with Gasteiger partial charge < -0.3 is 5.11 Å². The summed E-state index contributed by atoms with van der Waals surface area (Å²) in [6.45, 7) is 11.3. The molecular weight excluding hydrogens is 316 g/mol. The molecule has 0 saturated heterocycles. The predicted molar refractivity (Wildman–Crippen MR) is 97.2 cm³/mol. The van der Waals surface area contributed by atoms with Gasteiger partial charge >= 0.3 is 5.97 Å². The minimum atomic E-state index is -1.60. The fourth-order valence-electron chi connectivity index (χ4n) is 5.36. The van der Waals surface area contributed by atoms with E-state index >= 15 is 0 Å². The molecule has 2 aliphatic rings. The average Bonchev–Trinajstić information content (AvgIpc) is 2.47. The summed E-state index contributed by atoms with van der Waals surface area (Å²) in [6.07, 6.45) is 5.80. The summed E-state index contributed by atoms with van der Waals surface area (Å²) in [5, 5.41) is 10.2.